The molecule has 0 aromatic carbocycles. The van der Waals surface area contributed by atoms with Gasteiger partial charge < -0.3 is 9.88 Å². The molecular formula is C15H23N5OS. The first-order valence-electron chi connectivity index (χ1n) is 7.66. The van der Waals surface area contributed by atoms with E-state index in [9.17, 15) is 4.21 Å². The van der Waals surface area contributed by atoms with Crippen molar-refractivity contribution in [2.24, 2.45) is 5.92 Å². The summed E-state index contributed by atoms with van der Waals surface area (Å²) in [4.78, 5) is 14.1. The SMILES string of the molecule is CN(c1ncnc2[nH]ccc12)[C@H]1CC[C@H](CS(C)(=N)=O)CC1. The van der Waals surface area contributed by atoms with E-state index >= 15 is 0 Å². The molecule has 2 aromatic heterocycles. The van der Waals surface area contributed by atoms with Crippen molar-refractivity contribution in [3.63, 3.8) is 0 Å². The van der Waals surface area contributed by atoms with Crippen LogP contribution in [0.3, 0.4) is 0 Å². The minimum Gasteiger partial charge on any atom is -0.356 e. The van der Waals surface area contributed by atoms with Gasteiger partial charge in [0.2, 0.25) is 0 Å². The minimum atomic E-state index is -2.37. The lowest BCUT2D eigenvalue weighted by molar-refractivity contribution is 0.342. The van der Waals surface area contributed by atoms with Crippen molar-refractivity contribution in [2.45, 2.75) is 31.7 Å². The summed E-state index contributed by atoms with van der Waals surface area (Å²) in [5, 5.41) is 1.05. The first kappa shape index (κ1) is 15.3. The molecule has 22 heavy (non-hydrogen) atoms. The second-order valence-electron chi connectivity index (χ2n) is 6.39. The van der Waals surface area contributed by atoms with Crippen LogP contribution in [0, 0.1) is 10.7 Å². The summed E-state index contributed by atoms with van der Waals surface area (Å²) in [5.41, 5.74) is 0.866. The Bertz CT molecular complexity index is 746. The van der Waals surface area contributed by atoms with Gasteiger partial charge in [-0.05, 0) is 37.7 Å². The van der Waals surface area contributed by atoms with Crippen LogP contribution in [-0.4, -0.2) is 44.3 Å². The number of nitrogens with one attached hydrogen (secondary N) is 2. The van der Waals surface area contributed by atoms with Gasteiger partial charge in [-0.3, -0.25) is 8.99 Å². The number of aromatic amines is 1. The average Bonchev–Trinajstić information content (AvgIpc) is 2.94. The predicted molar refractivity (Wildman–Crippen MR) is 89.7 cm³/mol. The smallest absolute Gasteiger partial charge is 0.142 e. The van der Waals surface area contributed by atoms with Gasteiger partial charge in [-0.2, -0.15) is 0 Å². The average molecular weight is 321 g/mol. The predicted octanol–water partition coefficient (Wildman–Crippen LogP) is 2.63. The van der Waals surface area contributed by atoms with E-state index in [0.717, 1.165) is 42.5 Å². The van der Waals surface area contributed by atoms with E-state index in [4.69, 9.17) is 4.78 Å². The third-order valence-electron chi connectivity index (χ3n) is 4.58. The van der Waals surface area contributed by atoms with Gasteiger partial charge in [-0.1, -0.05) is 0 Å². The van der Waals surface area contributed by atoms with Crippen molar-refractivity contribution in [3.8, 4) is 0 Å². The molecule has 1 fully saturated rings. The van der Waals surface area contributed by atoms with Crippen molar-refractivity contribution < 1.29 is 4.21 Å². The number of nitrogens with zero attached hydrogens (tertiary/aromatic N) is 3. The van der Waals surface area contributed by atoms with Gasteiger partial charge in [0.25, 0.3) is 0 Å². The lowest BCUT2D eigenvalue weighted by Crippen LogP contribution is -2.36. The highest BCUT2D eigenvalue weighted by atomic mass is 32.2. The molecule has 1 aliphatic rings. The van der Waals surface area contributed by atoms with Crippen molar-refractivity contribution in [3.05, 3.63) is 18.6 Å². The Hall–Kier alpha value is -1.63. The van der Waals surface area contributed by atoms with Gasteiger partial charge in [-0.25, -0.2) is 9.97 Å². The van der Waals surface area contributed by atoms with Gasteiger partial charge >= 0.3 is 0 Å². The van der Waals surface area contributed by atoms with E-state index in [1.807, 2.05) is 12.3 Å². The fourth-order valence-electron chi connectivity index (χ4n) is 3.46. The van der Waals surface area contributed by atoms with E-state index in [1.165, 1.54) is 0 Å². The number of anilines is 1. The zero-order valence-corrected chi connectivity index (χ0v) is 13.9. The molecule has 6 nitrogen and oxygen atoms in total. The Morgan fingerprint density at radius 1 is 1.36 bits per heavy atom. The zero-order chi connectivity index (χ0) is 15.7. The first-order chi connectivity index (χ1) is 10.4. The van der Waals surface area contributed by atoms with Crippen LogP contribution in [0.1, 0.15) is 25.7 Å². The molecule has 0 saturated heterocycles. The Balaban J connectivity index is 1.70. The van der Waals surface area contributed by atoms with Crippen LogP contribution >= 0.6 is 0 Å². The lowest BCUT2D eigenvalue weighted by Gasteiger charge is -2.35. The Morgan fingerprint density at radius 2 is 2.09 bits per heavy atom. The normalized spacial score (nSPS) is 25.0. The molecule has 0 aliphatic heterocycles. The lowest BCUT2D eigenvalue weighted by atomic mass is 9.86. The van der Waals surface area contributed by atoms with Crippen LogP contribution in [0.25, 0.3) is 11.0 Å². The maximum Gasteiger partial charge on any atom is 0.142 e. The summed E-state index contributed by atoms with van der Waals surface area (Å²) < 4.78 is 19.3. The molecule has 2 heterocycles. The highest BCUT2D eigenvalue weighted by Gasteiger charge is 2.26. The quantitative estimate of drug-likeness (QED) is 0.906. The zero-order valence-electron chi connectivity index (χ0n) is 13.1. The summed E-state index contributed by atoms with van der Waals surface area (Å²) in [6.45, 7) is 0. The van der Waals surface area contributed by atoms with E-state index in [0.29, 0.717) is 17.7 Å². The monoisotopic (exact) mass is 321 g/mol. The first-order valence-corrected chi connectivity index (χ1v) is 9.80. The number of H-pyrrole nitrogens is 1. The third kappa shape index (κ3) is 3.24. The summed E-state index contributed by atoms with van der Waals surface area (Å²) in [7, 11) is -0.283. The maximum atomic E-state index is 11.6. The number of fused-ring (bicyclic) bond motifs is 1. The van der Waals surface area contributed by atoms with Gasteiger partial charge in [-0.15, -0.1) is 0 Å². The van der Waals surface area contributed by atoms with Gasteiger partial charge in [0.05, 0.1) is 5.39 Å². The molecule has 7 heteroatoms. The van der Waals surface area contributed by atoms with Crippen LogP contribution in [0.5, 0.6) is 0 Å². The highest BCUT2D eigenvalue weighted by Crippen LogP contribution is 2.31. The van der Waals surface area contributed by atoms with E-state index in [2.05, 4.69) is 26.9 Å². The third-order valence-corrected chi connectivity index (χ3v) is 5.69. The molecule has 2 N–H and O–H groups in total. The molecule has 3 rings (SSSR count). The van der Waals surface area contributed by atoms with Crippen LogP contribution in [0.15, 0.2) is 18.6 Å². The van der Waals surface area contributed by atoms with Crippen LogP contribution in [0.4, 0.5) is 5.82 Å². The van der Waals surface area contributed by atoms with Crippen LogP contribution < -0.4 is 4.90 Å². The summed E-state index contributed by atoms with van der Waals surface area (Å²) >= 11 is 0. The summed E-state index contributed by atoms with van der Waals surface area (Å²) in [6.07, 6.45) is 9.25. The maximum absolute atomic E-state index is 11.6. The summed E-state index contributed by atoms with van der Waals surface area (Å²) in [6, 6.07) is 2.46. The molecular weight excluding hydrogens is 298 g/mol. The minimum absolute atomic E-state index is 0.428. The van der Waals surface area contributed by atoms with Gasteiger partial charge in [0, 0.05) is 41.0 Å². The van der Waals surface area contributed by atoms with Crippen molar-refractivity contribution in [1.82, 2.24) is 15.0 Å². The molecule has 0 radical (unpaired) electrons. The van der Waals surface area contributed by atoms with Gasteiger partial charge in [0.1, 0.15) is 17.8 Å². The van der Waals surface area contributed by atoms with E-state index < -0.39 is 9.73 Å². The van der Waals surface area contributed by atoms with Gasteiger partial charge in [0.15, 0.2) is 0 Å². The Morgan fingerprint density at radius 3 is 2.77 bits per heavy atom. The number of aromatic nitrogens is 3. The second-order valence-corrected chi connectivity index (χ2v) is 8.74. The molecule has 2 aromatic rings. The number of hydrogen-bond donors (Lipinski definition) is 2. The molecule has 0 amide bonds. The molecule has 1 atom stereocenters. The van der Waals surface area contributed by atoms with E-state index in [-0.39, 0.29) is 0 Å². The molecule has 120 valence electrons. The topological polar surface area (TPSA) is 85.7 Å². The molecule has 0 bridgehead atoms. The highest BCUT2D eigenvalue weighted by molar-refractivity contribution is 7.91. The molecule has 1 aliphatic carbocycles. The van der Waals surface area contributed by atoms with Crippen LogP contribution in [0.2, 0.25) is 0 Å². The standard InChI is InChI=1S/C15H23N5OS/c1-20(15-13-7-8-17-14(13)18-10-19-15)12-5-3-11(4-6-12)9-22(2,16)21/h7-8,10-12,16H,3-6,9H2,1-2H3,(H,17,18,19)/t11-,12-,22?. The van der Waals surface area contributed by atoms with E-state index in [1.54, 1.807) is 12.6 Å². The fourth-order valence-corrected chi connectivity index (χ4v) is 4.69. The number of rotatable bonds is 4. The Kier molecular flexibility index (Phi) is 4.08. The molecule has 1 saturated carbocycles. The molecule has 1 unspecified atom stereocenters. The summed E-state index contributed by atoms with van der Waals surface area (Å²) in [5.74, 6) is 1.94. The fraction of sp³-hybridized carbons (Fsp3) is 0.600. The van der Waals surface area contributed by atoms with Crippen molar-refractivity contribution in [2.75, 3.05) is 24.0 Å². The molecule has 0 spiro atoms. The Labute approximate surface area is 131 Å². The van der Waals surface area contributed by atoms with Crippen molar-refractivity contribution in [1.29, 1.82) is 4.78 Å². The second kappa shape index (κ2) is 5.87. The number of hydrogen-bond acceptors (Lipinski definition) is 5. The van der Waals surface area contributed by atoms with Crippen molar-refractivity contribution >= 4 is 26.6 Å². The van der Waals surface area contributed by atoms with Crippen LogP contribution in [-0.2, 0) is 9.73 Å². The largest absolute Gasteiger partial charge is 0.356 e.